The van der Waals surface area contributed by atoms with E-state index >= 15 is 0 Å². The van der Waals surface area contributed by atoms with Gasteiger partial charge in [0.2, 0.25) is 0 Å². The van der Waals surface area contributed by atoms with Crippen LogP contribution in [-0.4, -0.2) is 41.1 Å². The standard InChI is InChI=1S/C18H20N2O2S/c21-18(20-9-10-22-16-8-4-7-15(16)20)14-12-23-17(19-14)11-13-5-2-1-3-6-13/h1-3,5-6,12,15-16H,4,7-11H2/t15-,16+/m0/s1. The summed E-state index contributed by atoms with van der Waals surface area (Å²) in [6.45, 7) is 1.33. The number of amides is 1. The molecule has 2 aromatic rings. The van der Waals surface area contributed by atoms with Gasteiger partial charge in [-0.05, 0) is 24.8 Å². The van der Waals surface area contributed by atoms with Crippen molar-refractivity contribution in [2.24, 2.45) is 0 Å². The van der Waals surface area contributed by atoms with Gasteiger partial charge < -0.3 is 9.64 Å². The van der Waals surface area contributed by atoms with Crippen molar-refractivity contribution in [3.05, 3.63) is 52.0 Å². The number of carbonyl (C=O) groups excluding carboxylic acids is 1. The second kappa shape index (κ2) is 6.42. The van der Waals surface area contributed by atoms with Gasteiger partial charge in [0, 0.05) is 18.3 Å². The average molecular weight is 328 g/mol. The zero-order valence-corrected chi connectivity index (χ0v) is 13.8. The number of hydrogen-bond acceptors (Lipinski definition) is 4. The average Bonchev–Trinajstić information content (AvgIpc) is 3.24. The molecule has 0 N–H and O–H groups in total. The van der Waals surface area contributed by atoms with Gasteiger partial charge in [-0.1, -0.05) is 30.3 Å². The van der Waals surface area contributed by atoms with Gasteiger partial charge in [0.1, 0.15) is 5.69 Å². The fraction of sp³-hybridized carbons (Fsp3) is 0.444. The minimum absolute atomic E-state index is 0.0701. The van der Waals surface area contributed by atoms with Crippen LogP contribution in [0.5, 0.6) is 0 Å². The third kappa shape index (κ3) is 3.03. The Kier molecular flexibility index (Phi) is 4.14. The maximum Gasteiger partial charge on any atom is 0.273 e. The van der Waals surface area contributed by atoms with Crippen molar-refractivity contribution in [1.29, 1.82) is 0 Å². The third-order valence-electron chi connectivity index (χ3n) is 4.71. The quantitative estimate of drug-likeness (QED) is 0.869. The van der Waals surface area contributed by atoms with Gasteiger partial charge in [0.15, 0.2) is 0 Å². The SMILES string of the molecule is O=C(c1csc(Cc2ccccc2)n1)N1CCO[C@@H]2CCC[C@@H]21. The van der Waals surface area contributed by atoms with E-state index in [1.165, 1.54) is 5.56 Å². The van der Waals surface area contributed by atoms with E-state index in [9.17, 15) is 4.79 Å². The molecule has 0 bridgehead atoms. The Hall–Kier alpha value is -1.72. The Labute approximate surface area is 140 Å². The van der Waals surface area contributed by atoms with Crippen molar-refractivity contribution < 1.29 is 9.53 Å². The summed E-state index contributed by atoms with van der Waals surface area (Å²) in [5.74, 6) is 0.0701. The molecule has 2 aliphatic rings. The van der Waals surface area contributed by atoms with E-state index in [1.54, 1.807) is 11.3 Å². The minimum atomic E-state index is 0.0701. The molecule has 2 heterocycles. The Balaban J connectivity index is 1.48. The molecule has 0 radical (unpaired) electrons. The molecule has 4 nitrogen and oxygen atoms in total. The third-order valence-corrected chi connectivity index (χ3v) is 5.56. The summed E-state index contributed by atoms with van der Waals surface area (Å²) >= 11 is 1.57. The lowest BCUT2D eigenvalue weighted by atomic mass is 10.1. The maximum atomic E-state index is 12.8. The number of thiazole rings is 1. The lowest BCUT2D eigenvalue weighted by Crippen LogP contribution is -2.51. The van der Waals surface area contributed by atoms with Crippen LogP contribution in [0.4, 0.5) is 0 Å². The Morgan fingerprint density at radius 2 is 2.17 bits per heavy atom. The number of ether oxygens (including phenoxy) is 1. The lowest BCUT2D eigenvalue weighted by Gasteiger charge is -2.37. The fourth-order valence-electron chi connectivity index (χ4n) is 3.59. The van der Waals surface area contributed by atoms with Crippen LogP contribution < -0.4 is 0 Å². The zero-order chi connectivity index (χ0) is 15.6. The normalized spacial score (nSPS) is 23.7. The van der Waals surface area contributed by atoms with Crippen molar-refractivity contribution in [1.82, 2.24) is 9.88 Å². The van der Waals surface area contributed by atoms with E-state index in [1.807, 2.05) is 28.5 Å². The first-order chi connectivity index (χ1) is 11.3. The van der Waals surface area contributed by atoms with Crippen LogP contribution in [0, 0.1) is 0 Å². The van der Waals surface area contributed by atoms with Gasteiger partial charge in [-0.3, -0.25) is 4.79 Å². The smallest absolute Gasteiger partial charge is 0.273 e. The highest BCUT2D eigenvalue weighted by Crippen LogP contribution is 2.30. The van der Waals surface area contributed by atoms with Crippen LogP contribution >= 0.6 is 11.3 Å². The fourth-order valence-corrected chi connectivity index (χ4v) is 4.39. The molecule has 4 rings (SSSR count). The van der Waals surface area contributed by atoms with E-state index < -0.39 is 0 Å². The van der Waals surface area contributed by atoms with Crippen LogP contribution in [-0.2, 0) is 11.2 Å². The summed E-state index contributed by atoms with van der Waals surface area (Å²) in [4.78, 5) is 19.4. The number of nitrogens with zero attached hydrogens (tertiary/aromatic N) is 2. The first-order valence-electron chi connectivity index (χ1n) is 8.22. The van der Waals surface area contributed by atoms with Crippen LogP contribution in [0.3, 0.4) is 0 Å². The van der Waals surface area contributed by atoms with Gasteiger partial charge in [-0.25, -0.2) is 4.98 Å². The van der Waals surface area contributed by atoms with Gasteiger partial charge >= 0.3 is 0 Å². The van der Waals surface area contributed by atoms with Crippen molar-refractivity contribution in [3.63, 3.8) is 0 Å². The predicted octanol–water partition coefficient (Wildman–Crippen LogP) is 3.13. The number of hydrogen-bond donors (Lipinski definition) is 0. The number of fused-ring (bicyclic) bond motifs is 1. The number of rotatable bonds is 3. The van der Waals surface area contributed by atoms with Crippen LogP contribution in [0.2, 0.25) is 0 Å². The van der Waals surface area contributed by atoms with Gasteiger partial charge in [-0.15, -0.1) is 11.3 Å². The van der Waals surface area contributed by atoms with Gasteiger partial charge in [-0.2, -0.15) is 0 Å². The molecule has 1 aromatic heterocycles. The second-order valence-electron chi connectivity index (χ2n) is 6.19. The maximum absolute atomic E-state index is 12.8. The molecule has 1 amide bonds. The summed E-state index contributed by atoms with van der Waals surface area (Å²) in [6.07, 6.45) is 4.29. The molecule has 2 atom stereocenters. The van der Waals surface area contributed by atoms with Gasteiger partial charge in [0.25, 0.3) is 5.91 Å². The van der Waals surface area contributed by atoms with Crippen molar-refractivity contribution >= 4 is 17.2 Å². The molecular formula is C18H20N2O2S. The minimum Gasteiger partial charge on any atom is -0.374 e. The van der Waals surface area contributed by atoms with Crippen LogP contribution in [0.25, 0.3) is 0 Å². The largest absolute Gasteiger partial charge is 0.374 e. The highest BCUT2D eigenvalue weighted by atomic mass is 32.1. The Bertz CT molecular complexity index is 685. The topological polar surface area (TPSA) is 42.4 Å². The molecule has 5 heteroatoms. The van der Waals surface area contributed by atoms with E-state index in [2.05, 4.69) is 17.1 Å². The molecule has 1 aliphatic carbocycles. The molecule has 1 saturated heterocycles. The van der Waals surface area contributed by atoms with Crippen molar-refractivity contribution in [3.8, 4) is 0 Å². The van der Waals surface area contributed by atoms with Crippen LogP contribution in [0.15, 0.2) is 35.7 Å². The second-order valence-corrected chi connectivity index (χ2v) is 7.14. The molecule has 0 spiro atoms. The number of carbonyl (C=O) groups is 1. The molecular weight excluding hydrogens is 308 g/mol. The van der Waals surface area contributed by atoms with E-state index in [4.69, 9.17) is 4.74 Å². The monoisotopic (exact) mass is 328 g/mol. The van der Waals surface area contributed by atoms with E-state index in [0.717, 1.165) is 30.7 Å². The van der Waals surface area contributed by atoms with Crippen molar-refractivity contribution in [2.75, 3.05) is 13.2 Å². The lowest BCUT2D eigenvalue weighted by molar-refractivity contribution is -0.0447. The molecule has 23 heavy (non-hydrogen) atoms. The van der Waals surface area contributed by atoms with Crippen molar-refractivity contribution in [2.45, 2.75) is 37.8 Å². The highest BCUT2D eigenvalue weighted by molar-refractivity contribution is 7.09. The number of benzene rings is 1. The predicted molar refractivity (Wildman–Crippen MR) is 89.8 cm³/mol. The first-order valence-corrected chi connectivity index (χ1v) is 9.10. The summed E-state index contributed by atoms with van der Waals surface area (Å²) < 4.78 is 5.79. The van der Waals surface area contributed by atoms with Gasteiger partial charge in [0.05, 0.1) is 23.8 Å². The number of morpholine rings is 1. The zero-order valence-electron chi connectivity index (χ0n) is 13.0. The summed E-state index contributed by atoms with van der Waals surface area (Å²) in [6, 6.07) is 10.5. The van der Waals surface area contributed by atoms with Crippen LogP contribution in [0.1, 0.15) is 40.3 Å². The van der Waals surface area contributed by atoms with E-state index in [-0.39, 0.29) is 18.1 Å². The summed E-state index contributed by atoms with van der Waals surface area (Å²) in [5, 5.41) is 2.90. The molecule has 2 fully saturated rings. The Morgan fingerprint density at radius 3 is 3.04 bits per heavy atom. The first kappa shape index (κ1) is 14.8. The molecule has 0 unspecified atom stereocenters. The summed E-state index contributed by atoms with van der Waals surface area (Å²) in [7, 11) is 0. The summed E-state index contributed by atoms with van der Waals surface area (Å²) in [5.41, 5.74) is 1.82. The molecule has 1 aliphatic heterocycles. The number of aromatic nitrogens is 1. The molecule has 1 saturated carbocycles. The Morgan fingerprint density at radius 1 is 1.30 bits per heavy atom. The molecule has 1 aromatic carbocycles. The highest BCUT2D eigenvalue weighted by Gasteiger charge is 2.39. The van der Waals surface area contributed by atoms with E-state index in [0.29, 0.717) is 18.8 Å². The molecule has 120 valence electrons.